The maximum Gasteiger partial charge on any atom is 0.439 e. The van der Waals surface area contributed by atoms with Gasteiger partial charge < -0.3 is 14.6 Å². The Balaban J connectivity index is 1.18. The first-order valence-electron chi connectivity index (χ1n) is 14.4. The summed E-state index contributed by atoms with van der Waals surface area (Å²) in [5.74, 6) is -2.09. The lowest BCUT2D eigenvalue weighted by Crippen LogP contribution is -2.34. The lowest BCUT2D eigenvalue weighted by atomic mass is 10.0. The number of fused-ring (bicyclic) bond motifs is 2. The molecule has 2 aliphatic heterocycles. The molecule has 0 unspecified atom stereocenters. The van der Waals surface area contributed by atoms with Crippen LogP contribution in [-0.4, -0.2) is 48.8 Å². The number of halogens is 6. The minimum Gasteiger partial charge on any atom is -0.376 e. The highest BCUT2D eigenvalue weighted by Gasteiger charge is 2.36. The summed E-state index contributed by atoms with van der Waals surface area (Å²) in [5, 5.41) is 6.42. The number of hydrogen-bond donors (Lipinski definition) is 2. The lowest BCUT2D eigenvalue weighted by molar-refractivity contribution is -0.137. The van der Waals surface area contributed by atoms with E-state index < -0.39 is 34.9 Å². The molecule has 0 radical (unpaired) electrons. The summed E-state index contributed by atoms with van der Waals surface area (Å²) in [4.78, 5) is 24.7. The van der Waals surface area contributed by atoms with Crippen molar-refractivity contribution in [2.75, 3.05) is 18.5 Å². The number of pyridine rings is 1. The standard InChI is InChI=1S/C30H25ClF5N7O3/c31-17-2-1-16(21(32)10-17)11-37-28-20(30(34,35)36)9-15-5-7-42(13-22(15)38-28)14-24-39-26-23(43(24)12-18-6-8-45-18)4-3-19(25(26)33)27-40-29(44)46-41-27/h1-4,9-10,18H,5-8,11-14H2,(H,37,38)(H,40,41,44)/t18-/m0/s1. The molecular weight excluding hydrogens is 637 g/mol. The van der Waals surface area contributed by atoms with E-state index in [-0.39, 0.29) is 53.2 Å². The summed E-state index contributed by atoms with van der Waals surface area (Å²) in [5.41, 5.74) is 0.706. The summed E-state index contributed by atoms with van der Waals surface area (Å²) in [7, 11) is 0. The molecule has 1 saturated heterocycles. The molecule has 240 valence electrons. The Morgan fingerprint density at radius 1 is 1.13 bits per heavy atom. The zero-order valence-electron chi connectivity index (χ0n) is 23.9. The van der Waals surface area contributed by atoms with E-state index in [0.717, 1.165) is 18.6 Å². The number of aromatic nitrogens is 5. The fraction of sp³-hybridized carbons (Fsp3) is 0.333. The van der Waals surface area contributed by atoms with Crippen molar-refractivity contribution in [2.45, 2.75) is 51.3 Å². The van der Waals surface area contributed by atoms with E-state index in [4.69, 9.17) is 16.3 Å². The molecule has 5 heterocycles. The number of nitrogens with one attached hydrogen (secondary N) is 2. The highest BCUT2D eigenvalue weighted by atomic mass is 35.5. The molecule has 1 fully saturated rings. The molecule has 0 amide bonds. The number of imidazole rings is 1. The van der Waals surface area contributed by atoms with Gasteiger partial charge >= 0.3 is 11.9 Å². The summed E-state index contributed by atoms with van der Waals surface area (Å²) in [6, 6.07) is 8.20. The van der Waals surface area contributed by atoms with Gasteiger partial charge in [0.1, 0.15) is 23.0 Å². The van der Waals surface area contributed by atoms with Crippen molar-refractivity contribution < 1.29 is 31.2 Å². The maximum absolute atomic E-state index is 15.7. The predicted octanol–water partition coefficient (Wildman–Crippen LogP) is 5.68. The van der Waals surface area contributed by atoms with Crippen LogP contribution in [0.1, 0.15) is 34.6 Å². The molecule has 2 aliphatic rings. The van der Waals surface area contributed by atoms with Gasteiger partial charge in [0.2, 0.25) is 0 Å². The molecule has 5 aromatic rings. The first-order valence-corrected chi connectivity index (χ1v) is 14.8. The lowest BCUT2D eigenvalue weighted by Gasteiger charge is -2.30. The van der Waals surface area contributed by atoms with Crippen LogP contribution < -0.4 is 11.1 Å². The van der Waals surface area contributed by atoms with Gasteiger partial charge in [-0.3, -0.25) is 14.4 Å². The Bertz CT molecular complexity index is 2000. The molecule has 1 atom stereocenters. The third-order valence-corrected chi connectivity index (χ3v) is 8.44. The third-order valence-electron chi connectivity index (χ3n) is 8.21. The minimum atomic E-state index is -4.68. The summed E-state index contributed by atoms with van der Waals surface area (Å²) < 4.78 is 84.2. The van der Waals surface area contributed by atoms with E-state index in [9.17, 15) is 22.4 Å². The fourth-order valence-corrected chi connectivity index (χ4v) is 5.90. The molecule has 16 heteroatoms. The van der Waals surface area contributed by atoms with Crippen molar-refractivity contribution in [1.82, 2.24) is 29.6 Å². The van der Waals surface area contributed by atoms with E-state index in [1.165, 1.54) is 18.2 Å². The van der Waals surface area contributed by atoms with Gasteiger partial charge in [-0.05, 0) is 48.7 Å². The third kappa shape index (κ3) is 5.85. The molecule has 46 heavy (non-hydrogen) atoms. The molecule has 0 aliphatic carbocycles. The van der Waals surface area contributed by atoms with Crippen LogP contribution >= 0.6 is 11.6 Å². The Morgan fingerprint density at radius 3 is 2.65 bits per heavy atom. The molecule has 0 spiro atoms. The number of hydrogen-bond acceptors (Lipinski definition) is 8. The van der Waals surface area contributed by atoms with Gasteiger partial charge in [-0.15, -0.1) is 0 Å². The van der Waals surface area contributed by atoms with Crippen molar-refractivity contribution in [2.24, 2.45) is 0 Å². The molecular formula is C30H25ClF5N7O3. The Kier molecular flexibility index (Phi) is 7.77. The number of alkyl halides is 3. The maximum atomic E-state index is 15.7. The monoisotopic (exact) mass is 661 g/mol. The first-order chi connectivity index (χ1) is 22.0. The van der Waals surface area contributed by atoms with Crippen LogP contribution in [0.3, 0.4) is 0 Å². The van der Waals surface area contributed by atoms with Crippen LogP contribution in [0.25, 0.3) is 22.4 Å². The molecule has 10 nitrogen and oxygen atoms in total. The summed E-state index contributed by atoms with van der Waals surface area (Å²) in [6.07, 6.45) is -3.63. The zero-order chi connectivity index (χ0) is 32.2. The minimum absolute atomic E-state index is 0.0181. The average Bonchev–Trinajstić information content (AvgIpc) is 3.57. The molecule has 3 aromatic heterocycles. The highest BCUT2D eigenvalue weighted by Crippen LogP contribution is 2.37. The number of anilines is 1. The van der Waals surface area contributed by atoms with Crippen molar-refractivity contribution in [3.05, 3.63) is 91.8 Å². The van der Waals surface area contributed by atoms with E-state index in [0.29, 0.717) is 48.7 Å². The van der Waals surface area contributed by atoms with Gasteiger partial charge in [0.15, 0.2) is 11.6 Å². The van der Waals surface area contributed by atoms with Crippen molar-refractivity contribution in [3.63, 3.8) is 0 Å². The fourth-order valence-electron chi connectivity index (χ4n) is 5.74. The van der Waals surface area contributed by atoms with Crippen LogP contribution in [0.2, 0.25) is 5.02 Å². The van der Waals surface area contributed by atoms with Crippen LogP contribution in [0.15, 0.2) is 45.7 Å². The Hall–Kier alpha value is -4.34. The number of rotatable bonds is 8. The van der Waals surface area contributed by atoms with Crippen molar-refractivity contribution >= 4 is 28.5 Å². The van der Waals surface area contributed by atoms with Crippen molar-refractivity contribution in [1.29, 1.82) is 0 Å². The number of nitrogens with zero attached hydrogens (tertiary/aromatic N) is 5. The molecule has 2 N–H and O–H groups in total. The predicted molar refractivity (Wildman–Crippen MR) is 156 cm³/mol. The smallest absolute Gasteiger partial charge is 0.376 e. The van der Waals surface area contributed by atoms with Crippen molar-refractivity contribution in [3.8, 4) is 11.4 Å². The quantitative estimate of drug-likeness (QED) is 0.204. The average molecular weight is 662 g/mol. The second kappa shape index (κ2) is 11.8. The molecule has 7 rings (SSSR count). The number of ether oxygens (including phenoxy) is 1. The number of H-pyrrole nitrogens is 1. The van der Waals surface area contributed by atoms with Crippen LogP contribution in [0, 0.1) is 11.6 Å². The second-order valence-electron chi connectivity index (χ2n) is 11.2. The first kappa shape index (κ1) is 30.3. The molecule has 2 aromatic carbocycles. The Morgan fingerprint density at radius 2 is 1.96 bits per heavy atom. The van der Waals surface area contributed by atoms with E-state index in [2.05, 4.69) is 29.9 Å². The van der Waals surface area contributed by atoms with Gasteiger partial charge in [-0.2, -0.15) is 13.2 Å². The van der Waals surface area contributed by atoms with E-state index in [1.54, 1.807) is 6.07 Å². The second-order valence-corrected chi connectivity index (χ2v) is 11.6. The topological polar surface area (TPSA) is 114 Å². The number of aromatic amines is 1. The van der Waals surface area contributed by atoms with Gasteiger partial charge in [0.05, 0.1) is 41.5 Å². The van der Waals surface area contributed by atoms with Gasteiger partial charge in [-0.1, -0.05) is 22.8 Å². The number of benzene rings is 2. The van der Waals surface area contributed by atoms with E-state index >= 15 is 4.39 Å². The van der Waals surface area contributed by atoms with Crippen LogP contribution in [0.4, 0.5) is 27.8 Å². The molecule has 0 saturated carbocycles. The van der Waals surface area contributed by atoms with Crippen LogP contribution in [-0.2, 0) is 43.5 Å². The van der Waals surface area contributed by atoms with Gasteiger partial charge in [0, 0.05) is 36.8 Å². The van der Waals surface area contributed by atoms with Crippen LogP contribution in [0.5, 0.6) is 0 Å². The largest absolute Gasteiger partial charge is 0.439 e. The summed E-state index contributed by atoms with van der Waals surface area (Å²) in [6.45, 7) is 1.68. The SMILES string of the molecule is O=c1[nH]c(-c2ccc3c(nc(CN4CCc5cc(C(F)(F)F)c(NCc6ccc(Cl)cc6F)nc5C4)n3C[C@@H]3CCO3)c2F)no1. The zero-order valence-corrected chi connectivity index (χ0v) is 24.7. The van der Waals surface area contributed by atoms with Gasteiger partial charge in [0.25, 0.3) is 0 Å². The summed E-state index contributed by atoms with van der Waals surface area (Å²) >= 11 is 5.80. The molecule has 0 bridgehead atoms. The highest BCUT2D eigenvalue weighted by molar-refractivity contribution is 6.30. The van der Waals surface area contributed by atoms with E-state index in [1.807, 2.05) is 9.47 Å². The normalized spacial score (nSPS) is 16.9. The Labute approximate surface area is 262 Å². The van der Waals surface area contributed by atoms with Gasteiger partial charge in [-0.25, -0.2) is 23.5 Å².